The van der Waals surface area contributed by atoms with Crippen LogP contribution >= 0.6 is 0 Å². The second kappa shape index (κ2) is 7.07. The van der Waals surface area contributed by atoms with Gasteiger partial charge in [-0.15, -0.1) is 0 Å². The van der Waals surface area contributed by atoms with Gasteiger partial charge < -0.3 is 10.2 Å². The zero-order valence-electron chi connectivity index (χ0n) is 16.6. The summed E-state index contributed by atoms with van der Waals surface area (Å²) in [4.78, 5) is 14.6. The molecule has 10 heteroatoms. The Morgan fingerprint density at radius 3 is 2.72 bits per heavy atom. The van der Waals surface area contributed by atoms with Gasteiger partial charge in [0.25, 0.3) is 5.91 Å². The molecule has 7 nitrogen and oxygen atoms in total. The normalized spacial score (nSPS) is 24.7. The van der Waals surface area contributed by atoms with Crippen molar-refractivity contribution < 1.29 is 18.0 Å². The van der Waals surface area contributed by atoms with Crippen LogP contribution in [0.1, 0.15) is 61.2 Å². The molecule has 2 aromatic heterocycles. The lowest BCUT2D eigenvalue weighted by molar-refractivity contribution is -0.174. The number of aryl methyl sites for hydroxylation is 1. The van der Waals surface area contributed by atoms with Gasteiger partial charge in [0.15, 0.2) is 6.04 Å². The second-order valence-electron chi connectivity index (χ2n) is 8.25. The molecule has 0 saturated carbocycles. The van der Waals surface area contributed by atoms with Gasteiger partial charge in [0.05, 0.1) is 23.5 Å². The van der Waals surface area contributed by atoms with Gasteiger partial charge in [-0.2, -0.15) is 23.4 Å². The van der Waals surface area contributed by atoms with Crippen LogP contribution in [0.4, 0.5) is 19.0 Å². The summed E-state index contributed by atoms with van der Waals surface area (Å²) in [7, 11) is 1.73. The van der Waals surface area contributed by atoms with Crippen molar-refractivity contribution in [3.63, 3.8) is 0 Å². The first-order chi connectivity index (χ1) is 13.6. The van der Waals surface area contributed by atoms with E-state index in [2.05, 4.69) is 15.5 Å². The summed E-state index contributed by atoms with van der Waals surface area (Å²) in [6.45, 7) is 4.36. The number of likely N-dealkylation sites (tertiary alicyclic amines) is 1. The molecule has 2 aliphatic rings. The fraction of sp³-hybridized carbons (Fsp3) is 0.632. The predicted molar refractivity (Wildman–Crippen MR) is 100 cm³/mol. The van der Waals surface area contributed by atoms with E-state index < -0.39 is 12.2 Å². The molecular weight excluding hydrogens is 385 g/mol. The zero-order valence-corrected chi connectivity index (χ0v) is 16.6. The van der Waals surface area contributed by atoms with Gasteiger partial charge in [0.2, 0.25) is 0 Å². The van der Waals surface area contributed by atoms with Gasteiger partial charge >= 0.3 is 6.18 Å². The molecule has 3 atom stereocenters. The van der Waals surface area contributed by atoms with Crippen molar-refractivity contribution in [1.82, 2.24) is 24.5 Å². The summed E-state index contributed by atoms with van der Waals surface area (Å²) in [6.07, 6.45) is 0.164. The number of rotatable bonds is 3. The summed E-state index contributed by atoms with van der Waals surface area (Å²) in [5.41, 5.74) is 0.968. The molecule has 2 aliphatic heterocycles. The van der Waals surface area contributed by atoms with E-state index in [-0.39, 0.29) is 30.3 Å². The van der Waals surface area contributed by atoms with Crippen LogP contribution in [0.25, 0.3) is 0 Å². The molecule has 0 bridgehead atoms. The van der Waals surface area contributed by atoms with E-state index in [4.69, 9.17) is 0 Å². The number of anilines is 1. The lowest BCUT2D eigenvalue weighted by atomic mass is 9.94. The van der Waals surface area contributed by atoms with Crippen LogP contribution in [0.15, 0.2) is 18.5 Å². The zero-order chi connectivity index (χ0) is 20.9. The van der Waals surface area contributed by atoms with E-state index in [9.17, 15) is 18.0 Å². The Labute approximate surface area is 166 Å². The van der Waals surface area contributed by atoms with Crippen LogP contribution < -0.4 is 5.32 Å². The highest BCUT2D eigenvalue weighted by molar-refractivity contribution is 5.94. The number of nitrogens with one attached hydrogen (secondary N) is 1. The number of fused-ring (bicyclic) bond motifs is 1. The summed E-state index contributed by atoms with van der Waals surface area (Å²) >= 11 is 0. The van der Waals surface area contributed by atoms with Crippen molar-refractivity contribution in [3.8, 4) is 0 Å². The van der Waals surface area contributed by atoms with Gasteiger partial charge in [-0.3, -0.25) is 9.48 Å². The van der Waals surface area contributed by atoms with Crippen molar-refractivity contribution in [2.75, 3.05) is 11.9 Å². The molecule has 29 heavy (non-hydrogen) atoms. The number of carbonyl (C=O) groups excluding carboxylic acids is 1. The number of hydrogen-bond donors (Lipinski definition) is 1. The Balaban J connectivity index is 1.65. The summed E-state index contributed by atoms with van der Waals surface area (Å²) in [5.74, 6) is 0.252. The fourth-order valence-electron chi connectivity index (χ4n) is 4.24. The SMILES string of the molecule is CC(C)[C@@H]1C[C@H](C(F)(F)F)n2nc(C3CCCN3C(=O)c3cnn(C)c3)cc2N1. The molecule has 1 saturated heterocycles. The maximum atomic E-state index is 13.7. The Morgan fingerprint density at radius 2 is 2.10 bits per heavy atom. The topological polar surface area (TPSA) is 68.0 Å². The van der Waals surface area contributed by atoms with Gasteiger partial charge in [-0.05, 0) is 25.2 Å². The molecule has 1 amide bonds. The number of aromatic nitrogens is 4. The van der Waals surface area contributed by atoms with Gasteiger partial charge in [0.1, 0.15) is 5.82 Å². The van der Waals surface area contributed by atoms with Gasteiger partial charge in [-0.1, -0.05) is 13.8 Å². The van der Waals surface area contributed by atoms with E-state index in [1.807, 2.05) is 13.8 Å². The van der Waals surface area contributed by atoms with Crippen LogP contribution in [0.2, 0.25) is 0 Å². The molecule has 1 N–H and O–H groups in total. The lowest BCUT2D eigenvalue weighted by Gasteiger charge is -2.35. The smallest absolute Gasteiger partial charge is 0.367 e. The highest BCUT2D eigenvalue weighted by Gasteiger charge is 2.47. The third-order valence-corrected chi connectivity index (χ3v) is 5.85. The molecule has 0 aliphatic carbocycles. The van der Waals surface area contributed by atoms with E-state index in [0.29, 0.717) is 30.0 Å². The quantitative estimate of drug-likeness (QED) is 0.841. The van der Waals surface area contributed by atoms with Crippen LogP contribution in [0, 0.1) is 5.92 Å². The highest BCUT2D eigenvalue weighted by atomic mass is 19.4. The van der Waals surface area contributed by atoms with Crippen molar-refractivity contribution in [1.29, 1.82) is 0 Å². The molecule has 1 unspecified atom stereocenters. The first kappa shape index (κ1) is 19.8. The largest absolute Gasteiger partial charge is 0.410 e. The third kappa shape index (κ3) is 3.60. The number of hydrogen-bond acceptors (Lipinski definition) is 4. The van der Waals surface area contributed by atoms with Crippen LogP contribution in [-0.2, 0) is 7.05 Å². The first-order valence-electron chi connectivity index (χ1n) is 9.87. The minimum Gasteiger partial charge on any atom is -0.367 e. The molecular formula is C19H25F3N6O. The van der Waals surface area contributed by atoms with Crippen molar-refractivity contribution in [2.45, 2.75) is 57.4 Å². The van der Waals surface area contributed by atoms with E-state index in [0.717, 1.165) is 11.1 Å². The Morgan fingerprint density at radius 1 is 1.34 bits per heavy atom. The standard InChI is InChI=1S/C19H25F3N6O/c1-11(2)13-7-16(19(20,21)22)28-17(24-13)8-14(25-28)15-5-4-6-27(15)18(29)12-9-23-26(3)10-12/h8-11,13,15-16,24H,4-7H2,1-3H3/t13-,15?,16+/m0/s1. The summed E-state index contributed by atoms with van der Waals surface area (Å²) in [6, 6.07) is -0.611. The van der Waals surface area contributed by atoms with Gasteiger partial charge in [0, 0.05) is 31.9 Å². The maximum absolute atomic E-state index is 13.7. The molecule has 158 valence electrons. The van der Waals surface area contributed by atoms with Crippen molar-refractivity contribution in [3.05, 3.63) is 29.7 Å². The first-order valence-corrected chi connectivity index (χ1v) is 9.87. The number of carbonyl (C=O) groups is 1. The number of nitrogens with zero attached hydrogens (tertiary/aromatic N) is 5. The van der Waals surface area contributed by atoms with Gasteiger partial charge in [-0.25, -0.2) is 4.68 Å². The summed E-state index contributed by atoms with van der Waals surface area (Å²) < 4.78 is 43.7. The monoisotopic (exact) mass is 410 g/mol. The average Bonchev–Trinajstić information content (AvgIpc) is 3.37. The molecule has 4 rings (SSSR count). The minimum absolute atomic E-state index is 0.0573. The maximum Gasteiger partial charge on any atom is 0.410 e. The molecule has 2 aromatic rings. The van der Waals surface area contributed by atoms with Crippen LogP contribution in [-0.4, -0.2) is 49.1 Å². The Bertz CT molecular complexity index is 902. The van der Waals surface area contributed by atoms with Crippen LogP contribution in [0.3, 0.4) is 0 Å². The molecule has 1 fully saturated rings. The van der Waals surface area contributed by atoms with E-state index in [1.165, 1.54) is 6.20 Å². The minimum atomic E-state index is -4.38. The number of halogens is 3. The number of alkyl halides is 3. The number of amides is 1. The van der Waals surface area contributed by atoms with E-state index in [1.54, 1.807) is 28.9 Å². The van der Waals surface area contributed by atoms with Crippen LogP contribution in [0.5, 0.6) is 0 Å². The highest BCUT2D eigenvalue weighted by Crippen LogP contribution is 2.42. The molecule has 0 radical (unpaired) electrons. The molecule has 4 heterocycles. The third-order valence-electron chi connectivity index (χ3n) is 5.85. The second-order valence-corrected chi connectivity index (χ2v) is 8.25. The predicted octanol–water partition coefficient (Wildman–Crippen LogP) is 3.54. The molecule has 0 spiro atoms. The molecule has 0 aromatic carbocycles. The van der Waals surface area contributed by atoms with Crippen molar-refractivity contribution >= 4 is 11.7 Å². The summed E-state index contributed by atoms with van der Waals surface area (Å²) in [5, 5.41) is 11.6. The Kier molecular flexibility index (Phi) is 4.82. The average molecular weight is 410 g/mol. The van der Waals surface area contributed by atoms with Crippen molar-refractivity contribution in [2.24, 2.45) is 13.0 Å². The van der Waals surface area contributed by atoms with E-state index >= 15 is 0 Å². The lowest BCUT2D eigenvalue weighted by Crippen LogP contribution is -2.41. The Hall–Kier alpha value is -2.52. The fourth-order valence-corrected chi connectivity index (χ4v) is 4.24.